The van der Waals surface area contributed by atoms with Crippen LogP contribution in [0.3, 0.4) is 0 Å². The molecular formula is C40H36N2. The van der Waals surface area contributed by atoms with Crippen molar-refractivity contribution in [1.82, 2.24) is 0 Å². The molecule has 0 heterocycles. The SMILES string of the molecule is Cc1ccc(N(c2ccc(-c3ccc(N(c4ccccc4)c4ccc(C)c(C)c4)cc3)cc2)c2cccc(C)c2)cc1. The lowest BCUT2D eigenvalue weighted by Gasteiger charge is -2.27. The molecule has 0 atom stereocenters. The van der Waals surface area contributed by atoms with E-state index in [0.717, 1.165) is 34.1 Å². The number of hydrogen-bond donors (Lipinski definition) is 0. The molecule has 2 heteroatoms. The van der Waals surface area contributed by atoms with Gasteiger partial charge in [-0.1, -0.05) is 78.4 Å². The molecule has 0 aromatic heterocycles. The van der Waals surface area contributed by atoms with Gasteiger partial charge in [0.05, 0.1) is 0 Å². The number of rotatable bonds is 7. The highest BCUT2D eigenvalue weighted by Crippen LogP contribution is 2.38. The standard InChI is InChI=1S/C40H36N2/c1-29-13-20-36(21-14-29)42(39-12-8-9-30(2)27-39)38-25-18-34(19-26-38)33-16-23-37(24-17-33)41(35-10-6-5-7-11-35)40-22-15-31(3)32(4)28-40/h5-28H,1-4H3. The van der Waals surface area contributed by atoms with Crippen molar-refractivity contribution in [3.05, 3.63) is 168 Å². The first-order valence-electron chi connectivity index (χ1n) is 14.5. The molecular weight excluding hydrogens is 508 g/mol. The Bertz CT molecular complexity index is 1740. The first kappa shape index (κ1) is 27.1. The molecule has 0 saturated heterocycles. The Morgan fingerprint density at radius 1 is 0.310 bits per heavy atom. The van der Waals surface area contributed by atoms with E-state index in [9.17, 15) is 0 Å². The number of benzene rings is 6. The molecule has 0 aliphatic heterocycles. The third kappa shape index (κ3) is 5.70. The van der Waals surface area contributed by atoms with E-state index in [1.165, 1.54) is 33.4 Å². The molecule has 0 amide bonds. The highest BCUT2D eigenvalue weighted by Gasteiger charge is 2.15. The van der Waals surface area contributed by atoms with Crippen LogP contribution in [-0.2, 0) is 0 Å². The van der Waals surface area contributed by atoms with E-state index in [4.69, 9.17) is 0 Å². The van der Waals surface area contributed by atoms with Crippen molar-refractivity contribution in [2.75, 3.05) is 9.80 Å². The van der Waals surface area contributed by atoms with Crippen molar-refractivity contribution in [3.8, 4) is 11.1 Å². The van der Waals surface area contributed by atoms with Crippen LogP contribution in [0.2, 0.25) is 0 Å². The molecule has 0 aliphatic rings. The van der Waals surface area contributed by atoms with Gasteiger partial charge in [0.1, 0.15) is 0 Å². The Morgan fingerprint density at radius 3 is 1.29 bits per heavy atom. The summed E-state index contributed by atoms with van der Waals surface area (Å²) in [4.78, 5) is 4.64. The smallest absolute Gasteiger partial charge is 0.0464 e. The van der Waals surface area contributed by atoms with E-state index in [0.29, 0.717) is 0 Å². The Labute approximate surface area is 250 Å². The predicted molar refractivity (Wildman–Crippen MR) is 180 cm³/mol. The van der Waals surface area contributed by atoms with Crippen LogP contribution in [0.15, 0.2) is 146 Å². The number of para-hydroxylation sites is 1. The maximum absolute atomic E-state index is 2.32. The van der Waals surface area contributed by atoms with Crippen LogP contribution >= 0.6 is 0 Å². The Hall–Kier alpha value is -5.08. The molecule has 2 nitrogen and oxygen atoms in total. The van der Waals surface area contributed by atoms with Crippen molar-refractivity contribution >= 4 is 34.1 Å². The van der Waals surface area contributed by atoms with Crippen LogP contribution in [0.1, 0.15) is 22.3 Å². The second-order valence-electron chi connectivity index (χ2n) is 11.0. The molecule has 206 valence electrons. The maximum atomic E-state index is 2.32. The topological polar surface area (TPSA) is 6.48 Å². The van der Waals surface area contributed by atoms with Gasteiger partial charge >= 0.3 is 0 Å². The number of anilines is 6. The first-order chi connectivity index (χ1) is 20.5. The zero-order valence-corrected chi connectivity index (χ0v) is 24.8. The van der Waals surface area contributed by atoms with Crippen LogP contribution in [-0.4, -0.2) is 0 Å². The molecule has 6 aromatic carbocycles. The fourth-order valence-corrected chi connectivity index (χ4v) is 5.40. The minimum atomic E-state index is 1.13. The third-order valence-corrected chi connectivity index (χ3v) is 7.90. The largest absolute Gasteiger partial charge is 0.310 e. The first-order valence-corrected chi connectivity index (χ1v) is 14.5. The summed E-state index contributed by atoms with van der Waals surface area (Å²) >= 11 is 0. The second kappa shape index (κ2) is 11.8. The lowest BCUT2D eigenvalue weighted by atomic mass is 10.0. The average molecular weight is 545 g/mol. The fourth-order valence-electron chi connectivity index (χ4n) is 5.40. The van der Waals surface area contributed by atoms with Gasteiger partial charge in [-0.2, -0.15) is 0 Å². The summed E-state index contributed by atoms with van der Waals surface area (Å²) in [5, 5.41) is 0. The van der Waals surface area contributed by atoms with Crippen LogP contribution in [0.25, 0.3) is 11.1 Å². The maximum Gasteiger partial charge on any atom is 0.0464 e. The summed E-state index contributed by atoms with van der Waals surface area (Å²) in [6.45, 7) is 8.60. The van der Waals surface area contributed by atoms with Crippen LogP contribution in [0, 0.1) is 27.7 Å². The molecule has 0 radical (unpaired) electrons. The summed E-state index contributed by atoms with van der Waals surface area (Å²) in [6, 6.07) is 52.4. The van der Waals surface area contributed by atoms with Crippen LogP contribution in [0.4, 0.5) is 34.1 Å². The second-order valence-corrected chi connectivity index (χ2v) is 11.0. The molecule has 6 aromatic rings. The van der Waals surface area contributed by atoms with Gasteiger partial charge in [0.25, 0.3) is 0 Å². The van der Waals surface area contributed by atoms with E-state index < -0.39 is 0 Å². The quantitative estimate of drug-likeness (QED) is 0.197. The zero-order valence-electron chi connectivity index (χ0n) is 24.8. The van der Waals surface area contributed by atoms with Gasteiger partial charge < -0.3 is 9.80 Å². The normalized spacial score (nSPS) is 10.9. The molecule has 0 fully saturated rings. The highest BCUT2D eigenvalue weighted by atomic mass is 15.1. The van der Waals surface area contributed by atoms with Crippen molar-refractivity contribution in [3.63, 3.8) is 0 Å². The lowest BCUT2D eigenvalue weighted by molar-refractivity contribution is 1.25. The molecule has 0 unspecified atom stereocenters. The summed E-state index contributed by atoms with van der Waals surface area (Å²) in [6.07, 6.45) is 0. The predicted octanol–water partition coefficient (Wildman–Crippen LogP) is 11.5. The van der Waals surface area contributed by atoms with Crippen molar-refractivity contribution < 1.29 is 0 Å². The molecule has 0 spiro atoms. The Kier molecular flexibility index (Phi) is 7.62. The van der Waals surface area contributed by atoms with Gasteiger partial charge in [0.15, 0.2) is 0 Å². The zero-order chi connectivity index (χ0) is 29.1. The van der Waals surface area contributed by atoms with Gasteiger partial charge in [0.2, 0.25) is 0 Å². The summed E-state index contributed by atoms with van der Waals surface area (Å²) in [5.41, 5.74) is 14.3. The van der Waals surface area contributed by atoms with Crippen LogP contribution in [0.5, 0.6) is 0 Å². The van der Waals surface area contributed by atoms with Gasteiger partial charge in [-0.05, 0) is 128 Å². The highest BCUT2D eigenvalue weighted by molar-refractivity contribution is 5.81. The van der Waals surface area contributed by atoms with Gasteiger partial charge in [-0.3, -0.25) is 0 Å². The van der Waals surface area contributed by atoms with E-state index in [-0.39, 0.29) is 0 Å². The number of aryl methyl sites for hydroxylation is 4. The van der Waals surface area contributed by atoms with Crippen LogP contribution < -0.4 is 9.80 Å². The van der Waals surface area contributed by atoms with E-state index in [1.807, 2.05) is 0 Å². The van der Waals surface area contributed by atoms with Gasteiger partial charge in [-0.15, -0.1) is 0 Å². The average Bonchev–Trinajstić information content (AvgIpc) is 3.02. The third-order valence-electron chi connectivity index (χ3n) is 7.90. The molecule has 0 bridgehead atoms. The molecule has 42 heavy (non-hydrogen) atoms. The van der Waals surface area contributed by atoms with E-state index in [1.54, 1.807) is 0 Å². The monoisotopic (exact) mass is 544 g/mol. The summed E-state index contributed by atoms with van der Waals surface area (Å²) < 4.78 is 0. The van der Waals surface area contributed by atoms with Gasteiger partial charge in [-0.25, -0.2) is 0 Å². The summed E-state index contributed by atoms with van der Waals surface area (Å²) in [7, 11) is 0. The molecule has 0 N–H and O–H groups in total. The minimum Gasteiger partial charge on any atom is -0.310 e. The number of hydrogen-bond acceptors (Lipinski definition) is 2. The Balaban J connectivity index is 1.33. The van der Waals surface area contributed by atoms with E-state index >= 15 is 0 Å². The lowest BCUT2D eigenvalue weighted by Crippen LogP contribution is -2.10. The summed E-state index contributed by atoms with van der Waals surface area (Å²) in [5.74, 6) is 0. The van der Waals surface area contributed by atoms with E-state index in [2.05, 4.69) is 183 Å². The molecule has 0 aliphatic carbocycles. The number of nitrogens with zero attached hydrogens (tertiary/aromatic N) is 2. The molecule has 6 rings (SSSR count). The molecule has 0 saturated carbocycles. The van der Waals surface area contributed by atoms with Gasteiger partial charge in [0, 0.05) is 34.1 Å². The fraction of sp³-hybridized carbons (Fsp3) is 0.100. The Morgan fingerprint density at radius 2 is 0.762 bits per heavy atom. The van der Waals surface area contributed by atoms with Crippen molar-refractivity contribution in [1.29, 1.82) is 0 Å². The van der Waals surface area contributed by atoms with Crippen molar-refractivity contribution in [2.45, 2.75) is 27.7 Å². The van der Waals surface area contributed by atoms with Crippen molar-refractivity contribution in [2.24, 2.45) is 0 Å². The minimum absolute atomic E-state index is 1.13.